The van der Waals surface area contributed by atoms with Gasteiger partial charge in [0.2, 0.25) is 23.6 Å². The molecule has 1 aromatic rings. The molecule has 0 aliphatic heterocycles. The van der Waals surface area contributed by atoms with Gasteiger partial charge in [-0.1, -0.05) is 30.3 Å². The number of nitrogens with two attached hydrogens (primary N) is 2. The first-order valence-electron chi connectivity index (χ1n) is 10.0. The van der Waals surface area contributed by atoms with Crippen LogP contribution in [0.2, 0.25) is 0 Å². The second kappa shape index (κ2) is 14.1. The fourth-order valence-electron chi connectivity index (χ4n) is 2.69. The number of carboxylic acids is 1. The number of carbonyl (C=O) groups excluding carboxylic acids is 4. The highest BCUT2D eigenvalue weighted by Crippen LogP contribution is 2.06. The SMILES string of the molecule is NC(=O)CCC(N)C(=O)NC(Cc1ccccc1)C(=O)NC(CS)C(=O)NC(CO)C(=O)O. The van der Waals surface area contributed by atoms with E-state index >= 15 is 0 Å². The van der Waals surface area contributed by atoms with Crippen molar-refractivity contribution in [3.05, 3.63) is 35.9 Å². The molecule has 13 heteroatoms. The number of primary amides is 1. The number of aliphatic hydroxyl groups is 1. The Morgan fingerprint density at radius 3 is 1.97 bits per heavy atom. The Morgan fingerprint density at radius 2 is 1.45 bits per heavy atom. The third-order valence-corrected chi connectivity index (χ3v) is 4.93. The molecule has 0 aliphatic rings. The molecule has 0 aliphatic carbocycles. The number of benzene rings is 1. The van der Waals surface area contributed by atoms with E-state index in [9.17, 15) is 24.0 Å². The number of thiol groups is 1. The molecule has 12 nitrogen and oxygen atoms in total. The van der Waals surface area contributed by atoms with E-state index in [0.717, 1.165) is 0 Å². The van der Waals surface area contributed by atoms with Crippen molar-refractivity contribution in [3.8, 4) is 0 Å². The Balaban J connectivity index is 2.95. The van der Waals surface area contributed by atoms with Gasteiger partial charge in [-0.25, -0.2) is 4.79 Å². The largest absolute Gasteiger partial charge is 0.480 e. The minimum absolute atomic E-state index is 0.0136. The summed E-state index contributed by atoms with van der Waals surface area (Å²) < 4.78 is 0. The second-order valence-corrected chi connectivity index (χ2v) is 7.55. The van der Waals surface area contributed by atoms with Gasteiger partial charge in [0, 0.05) is 18.6 Å². The van der Waals surface area contributed by atoms with Crippen molar-refractivity contribution in [1.29, 1.82) is 0 Å². The fraction of sp³-hybridized carbons (Fsp3) is 0.450. The summed E-state index contributed by atoms with van der Waals surface area (Å²) in [5.41, 5.74) is 11.6. The van der Waals surface area contributed by atoms with Crippen LogP contribution in [0, 0.1) is 0 Å². The molecule has 33 heavy (non-hydrogen) atoms. The van der Waals surface area contributed by atoms with Crippen LogP contribution < -0.4 is 27.4 Å². The van der Waals surface area contributed by atoms with Gasteiger partial charge in [0.25, 0.3) is 0 Å². The van der Waals surface area contributed by atoms with Crippen LogP contribution in [-0.2, 0) is 30.4 Å². The standard InChI is InChI=1S/C20H29N5O7S/c21-12(6-7-16(22)27)17(28)23-13(8-11-4-2-1-3-5-11)18(29)25-15(10-33)19(30)24-14(9-26)20(31)32/h1-5,12-15,26,33H,6-10,21H2,(H2,22,27)(H,23,28)(H,24,30)(H,25,29)(H,31,32). The molecule has 0 heterocycles. The zero-order valence-corrected chi connectivity index (χ0v) is 18.7. The highest BCUT2D eigenvalue weighted by molar-refractivity contribution is 7.80. The minimum Gasteiger partial charge on any atom is -0.480 e. The van der Waals surface area contributed by atoms with E-state index in [1.165, 1.54) is 0 Å². The van der Waals surface area contributed by atoms with Crippen molar-refractivity contribution in [1.82, 2.24) is 16.0 Å². The molecule has 0 radical (unpaired) electrons. The van der Waals surface area contributed by atoms with Gasteiger partial charge in [-0.15, -0.1) is 0 Å². The predicted octanol–water partition coefficient (Wildman–Crippen LogP) is -2.72. The highest BCUT2D eigenvalue weighted by Gasteiger charge is 2.29. The summed E-state index contributed by atoms with van der Waals surface area (Å²) in [7, 11) is 0. The number of hydrogen-bond acceptors (Lipinski definition) is 8. The van der Waals surface area contributed by atoms with Crippen LogP contribution in [0.3, 0.4) is 0 Å². The summed E-state index contributed by atoms with van der Waals surface area (Å²) in [5, 5.41) is 25.1. The summed E-state index contributed by atoms with van der Waals surface area (Å²) in [6.45, 7) is -0.843. The van der Waals surface area contributed by atoms with Crippen LogP contribution >= 0.6 is 12.6 Å². The number of hydrogen-bond donors (Lipinski definition) is 8. The van der Waals surface area contributed by atoms with Crippen LogP contribution in [-0.4, -0.2) is 76.3 Å². The maximum Gasteiger partial charge on any atom is 0.328 e. The summed E-state index contributed by atoms with van der Waals surface area (Å²) in [4.78, 5) is 59.7. The van der Waals surface area contributed by atoms with Crippen molar-refractivity contribution in [3.63, 3.8) is 0 Å². The van der Waals surface area contributed by atoms with Gasteiger partial charge in [0.1, 0.15) is 18.1 Å². The van der Waals surface area contributed by atoms with Gasteiger partial charge in [-0.2, -0.15) is 12.6 Å². The molecule has 9 N–H and O–H groups in total. The number of rotatable bonds is 14. The van der Waals surface area contributed by atoms with Crippen LogP contribution in [0.5, 0.6) is 0 Å². The van der Waals surface area contributed by atoms with E-state index < -0.39 is 60.4 Å². The second-order valence-electron chi connectivity index (χ2n) is 7.19. The number of aliphatic hydroxyl groups excluding tert-OH is 1. The smallest absolute Gasteiger partial charge is 0.328 e. The lowest BCUT2D eigenvalue weighted by Gasteiger charge is -2.24. The molecule has 1 rings (SSSR count). The van der Waals surface area contributed by atoms with Crippen molar-refractivity contribution >= 4 is 42.2 Å². The van der Waals surface area contributed by atoms with E-state index in [4.69, 9.17) is 21.7 Å². The van der Waals surface area contributed by atoms with E-state index in [1.54, 1.807) is 30.3 Å². The van der Waals surface area contributed by atoms with Gasteiger partial charge < -0.3 is 37.6 Å². The summed E-state index contributed by atoms with van der Waals surface area (Å²) in [5.74, 6) is -4.55. The minimum atomic E-state index is -1.56. The normalized spacial score (nSPS) is 14.3. The van der Waals surface area contributed by atoms with E-state index in [2.05, 4.69) is 28.6 Å². The van der Waals surface area contributed by atoms with Gasteiger partial charge in [0.15, 0.2) is 0 Å². The van der Waals surface area contributed by atoms with Gasteiger partial charge >= 0.3 is 5.97 Å². The van der Waals surface area contributed by atoms with Crippen molar-refractivity contribution in [2.45, 2.75) is 43.4 Å². The lowest BCUT2D eigenvalue weighted by atomic mass is 10.0. The predicted molar refractivity (Wildman–Crippen MR) is 121 cm³/mol. The number of aliphatic carboxylic acids is 1. The first-order valence-corrected chi connectivity index (χ1v) is 10.7. The van der Waals surface area contributed by atoms with Gasteiger partial charge in [-0.05, 0) is 12.0 Å². The van der Waals surface area contributed by atoms with Gasteiger partial charge in [-0.3, -0.25) is 19.2 Å². The van der Waals surface area contributed by atoms with Crippen molar-refractivity contribution in [2.75, 3.05) is 12.4 Å². The zero-order chi connectivity index (χ0) is 25.0. The molecule has 182 valence electrons. The Morgan fingerprint density at radius 1 is 0.909 bits per heavy atom. The average Bonchev–Trinajstić information content (AvgIpc) is 2.78. The van der Waals surface area contributed by atoms with Crippen LogP contribution in [0.15, 0.2) is 30.3 Å². The summed E-state index contributed by atoms with van der Waals surface area (Å²) in [6, 6.07) is 3.72. The molecule has 4 unspecified atom stereocenters. The number of amides is 4. The van der Waals surface area contributed by atoms with E-state index in [1.807, 2.05) is 0 Å². The molecule has 4 amide bonds. The maximum atomic E-state index is 12.9. The first-order chi connectivity index (χ1) is 15.6. The fourth-order valence-corrected chi connectivity index (χ4v) is 2.95. The zero-order valence-electron chi connectivity index (χ0n) is 17.8. The number of carbonyl (C=O) groups is 5. The topological polar surface area (TPSA) is 214 Å². The van der Waals surface area contributed by atoms with Crippen LogP contribution in [0.1, 0.15) is 18.4 Å². The quantitative estimate of drug-likeness (QED) is 0.130. The average molecular weight is 484 g/mol. The molecule has 0 bridgehead atoms. The van der Waals surface area contributed by atoms with Crippen molar-refractivity contribution in [2.24, 2.45) is 11.5 Å². The molecule has 0 saturated carbocycles. The molecule has 0 aromatic heterocycles. The Kier molecular flexibility index (Phi) is 11.9. The molecular weight excluding hydrogens is 454 g/mol. The lowest BCUT2D eigenvalue weighted by molar-refractivity contribution is -0.143. The molecule has 0 saturated heterocycles. The molecule has 4 atom stereocenters. The maximum absolute atomic E-state index is 12.9. The van der Waals surface area contributed by atoms with Crippen LogP contribution in [0.25, 0.3) is 0 Å². The summed E-state index contributed by atoms with van der Waals surface area (Å²) in [6.07, 6.45) is -0.0574. The lowest BCUT2D eigenvalue weighted by Crippen LogP contribution is -2.58. The third kappa shape index (κ3) is 9.89. The molecular formula is C20H29N5O7S. The molecule has 0 fully saturated rings. The number of nitrogens with one attached hydrogen (secondary N) is 3. The Hall–Kier alpha value is -3.16. The van der Waals surface area contributed by atoms with E-state index in [-0.39, 0.29) is 25.0 Å². The molecule has 0 spiro atoms. The monoisotopic (exact) mass is 483 g/mol. The Bertz CT molecular complexity index is 839. The van der Waals surface area contributed by atoms with Crippen LogP contribution in [0.4, 0.5) is 0 Å². The highest BCUT2D eigenvalue weighted by atomic mass is 32.1. The van der Waals surface area contributed by atoms with Gasteiger partial charge in [0.05, 0.1) is 12.6 Å². The van der Waals surface area contributed by atoms with E-state index in [0.29, 0.717) is 5.56 Å². The Labute approximate surface area is 195 Å². The first kappa shape index (κ1) is 27.9. The number of carboxylic acid groups (broad SMARTS) is 1. The molecule has 1 aromatic carbocycles. The third-order valence-electron chi connectivity index (χ3n) is 4.57. The summed E-state index contributed by atoms with van der Waals surface area (Å²) >= 11 is 4.01. The van der Waals surface area contributed by atoms with Crippen molar-refractivity contribution < 1.29 is 34.2 Å².